The maximum Gasteiger partial charge on any atom is 0.303 e. The Bertz CT molecular complexity index is 4250. The minimum Gasteiger partial charge on any atom is -0.493 e. The van der Waals surface area contributed by atoms with Crippen molar-refractivity contribution >= 4 is 33.7 Å². The van der Waals surface area contributed by atoms with Gasteiger partial charge in [0.25, 0.3) is 0 Å². The average Bonchev–Trinajstić information content (AvgIpc) is 2.54. The number of hydrogen-bond acceptors (Lipinski definition) is 10. The van der Waals surface area contributed by atoms with Crippen LogP contribution in [0, 0.1) is 34.9 Å². The Morgan fingerprint density at radius 3 is 1.76 bits per heavy atom. The summed E-state index contributed by atoms with van der Waals surface area (Å²) in [6.07, 6.45) is 1.90. The average molecular weight is 1120 g/mol. The Morgan fingerprint density at radius 2 is 1.20 bits per heavy atom. The first-order valence-corrected chi connectivity index (χ1v) is 26.0. The highest BCUT2D eigenvalue weighted by Gasteiger charge is 2.47. The van der Waals surface area contributed by atoms with Crippen LogP contribution in [0.2, 0.25) is 0 Å². The van der Waals surface area contributed by atoms with Gasteiger partial charge in [-0.05, 0) is 92.8 Å². The number of carbonyl (C=O) groups is 2. The molecule has 16 nitrogen and oxygen atoms in total. The molecule has 4 aromatic heterocycles. The quantitative estimate of drug-likeness (QED) is 0.0708. The molecule has 2 aliphatic heterocycles. The molecule has 0 saturated carbocycles. The van der Waals surface area contributed by atoms with Crippen LogP contribution in [0.1, 0.15) is 85.1 Å². The maximum atomic E-state index is 16.0. The van der Waals surface area contributed by atoms with Crippen molar-refractivity contribution < 1.29 is 65.1 Å². The summed E-state index contributed by atoms with van der Waals surface area (Å²) in [6, 6.07) is 21.2. The van der Waals surface area contributed by atoms with Crippen LogP contribution in [0.4, 0.5) is 26.3 Å². The lowest BCUT2D eigenvalue weighted by molar-refractivity contribution is -0.138. The molecule has 0 radical (unpaired) electrons. The minimum atomic E-state index is -1.18. The third kappa shape index (κ3) is 9.07. The number of benzene rings is 6. The van der Waals surface area contributed by atoms with Gasteiger partial charge >= 0.3 is 11.9 Å². The number of H-pyrrole nitrogens is 2. The van der Waals surface area contributed by atoms with Crippen LogP contribution in [-0.4, -0.2) is 68.3 Å². The van der Waals surface area contributed by atoms with E-state index in [1.165, 1.54) is 58.2 Å². The van der Waals surface area contributed by atoms with E-state index in [0.29, 0.717) is 45.7 Å². The molecule has 1 unspecified atom stereocenters. The first-order chi connectivity index (χ1) is 39.3. The van der Waals surface area contributed by atoms with E-state index in [2.05, 4.69) is 9.97 Å². The molecule has 6 heterocycles. The first kappa shape index (κ1) is 53.1. The Morgan fingerprint density at radius 1 is 0.659 bits per heavy atom. The molecule has 418 valence electrons. The van der Waals surface area contributed by atoms with Gasteiger partial charge in [-0.3, -0.25) is 9.59 Å². The molecular formula is C60H48F6N8O8. The summed E-state index contributed by atoms with van der Waals surface area (Å²) in [5.74, 6) is -7.75. The van der Waals surface area contributed by atoms with Gasteiger partial charge in [-0.1, -0.05) is 30.3 Å². The molecule has 4 N–H and O–H groups in total. The number of carboxylic acid groups (broad SMARTS) is 2. The number of hydrogen-bond donors (Lipinski definition) is 4. The highest BCUT2D eigenvalue weighted by atomic mass is 19.2. The zero-order chi connectivity index (χ0) is 57.5. The van der Waals surface area contributed by atoms with Gasteiger partial charge in [0.2, 0.25) is 0 Å². The Kier molecular flexibility index (Phi) is 13.1. The monoisotopic (exact) mass is 1120 g/mol. The van der Waals surface area contributed by atoms with Crippen LogP contribution >= 0.6 is 0 Å². The molecule has 22 heteroatoms. The molecule has 6 aromatic carbocycles. The van der Waals surface area contributed by atoms with E-state index in [1.54, 1.807) is 26.2 Å². The van der Waals surface area contributed by atoms with Gasteiger partial charge in [0.15, 0.2) is 58.1 Å². The summed E-state index contributed by atoms with van der Waals surface area (Å²) in [5, 5.41) is 29.8. The zero-order valence-corrected chi connectivity index (χ0v) is 44.1. The van der Waals surface area contributed by atoms with Gasteiger partial charge in [0.1, 0.15) is 40.7 Å². The lowest BCUT2D eigenvalue weighted by Crippen LogP contribution is -2.36. The Balaban J connectivity index is 0.918. The standard InChI is InChI=1S/C60H48F6N8O8/c1-59(57-69-55(73(3)71-57)36-24-30(9-14-40(36)61)80-53-42(63)26-44-34(49(53)65)18-21-67-44)20-23-79-52-33(12-17-48(77)78)32(11-13-39(52)59)46-28-60(2,38-7-5-6-29(51(38)82-46)8-16-47(75)76)58-70-56(74(4)72-58)37-25-31(10-15-41(37)62)81-54-43(64)27-45-35(50(54)66)19-22-68-45/h5-7,9-11,13-15,18-19,21-22,24-27,46,67-68H,8,12,16-17,20,23,28H2,1-4H3,(H,75,76)(H,77,78)/t46?,59-,60+/m1/s1. The van der Waals surface area contributed by atoms with E-state index in [0.717, 1.165) is 24.3 Å². The largest absolute Gasteiger partial charge is 0.493 e. The normalized spacial score (nSPS) is 17.6. The SMILES string of the molecule is Cn1nc([C@]2(C)CCOc3c2ccc(C2C[C@](C)(c4nc(-c5cc(Oc6c(F)cc7[nH]ccc7c6F)ccc5F)n(C)n4)c4cccc(CCC(=O)O)c4O2)c3CCC(=O)O)nc1-c1cc(Oc2c(F)cc3[nH]ccc3c2F)ccc1F. The summed E-state index contributed by atoms with van der Waals surface area (Å²) in [6.45, 7) is 3.87. The molecule has 0 saturated heterocycles. The van der Waals surface area contributed by atoms with Crippen LogP contribution in [0.3, 0.4) is 0 Å². The predicted octanol–water partition coefficient (Wildman–Crippen LogP) is 12.6. The van der Waals surface area contributed by atoms with E-state index in [4.69, 9.17) is 39.1 Å². The van der Waals surface area contributed by atoms with Crippen molar-refractivity contribution in [3.63, 3.8) is 0 Å². The van der Waals surface area contributed by atoms with Crippen LogP contribution in [0.15, 0.2) is 103 Å². The van der Waals surface area contributed by atoms with Crippen molar-refractivity contribution in [3.8, 4) is 57.3 Å². The molecule has 12 rings (SSSR count). The highest BCUT2D eigenvalue weighted by molar-refractivity contribution is 5.83. The summed E-state index contributed by atoms with van der Waals surface area (Å²) in [7, 11) is 3.13. The van der Waals surface area contributed by atoms with Gasteiger partial charge < -0.3 is 39.1 Å². The fourth-order valence-corrected chi connectivity index (χ4v) is 11.2. The second kappa shape index (κ2) is 20.2. The second-order valence-electron chi connectivity index (χ2n) is 20.8. The van der Waals surface area contributed by atoms with Crippen molar-refractivity contribution in [1.29, 1.82) is 0 Å². The van der Waals surface area contributed by atoms with E-state index >= 15 is 26.3 Å². The smallest absolute Gasteiger partial charge is 0.303 e. The molecular weight excluding hydrogens is 1070 g/mol. The summed E-state index contributed by atoms with van der Waals surface area (Å²) < 4.78 is 121. The topological polar surface area (TPSA) is 205 Å². The number of aromatic nitrogens is 8. The van der Waals surface area contributed by atoms with Crippen molar-refractivity contribution in [2.75, 3.05) is 6.61 Å². The number of nitrogens with one attached hydrogen (secondary N) is 2. The van der Waals surface area contributed by atoms with Gasteiger partial charge in [-0.2, -0.15) is 10.2 Å². The number of rotatable bonds is 15. The summed E-state index contributed by atoms with van der Waals surface area (Å²) in [5.41, 5.74) is 0.805. The molecule has 0 bridgehead atoms. The number of ether oxygens (including phenoxy) is 4. The lowest BCUT2D eigenvalue weighted by Gasteiger charge is -2.41. The molecule has 3 atom stereocenters. The molecule has 10 aromatic rings. The van der Waals surface area contributed by atoms with Crippen molar-refractivity contribution in [2.45, 2.75) is 69.3 Å². The predicted molar refractivity (Wildman–Crippen MR) is 285 cm³/mol. The number of fused-ring (bicyclic) bond motifs is 4. The third-order valence-corrected chi connectivity index (χ3v) is 15.5. The Labute approximate surface area is 461 Å². The molecule has 82 heavy (non-hydrogen) atoms. The molecule has 0 aliphatic carbocycles. The van der Waals surface area contributed by atoms with Crippen LogP contribution < -0.4 is 18.9 Å². The number of para-hydroxylation sites is 1. The maximum absolute atomic E-state index is 16.0. The fourth-order valence-electron chi connectivity index (χ4n) is 11.2. The van der Waals surface area contributed by atoms with E-state index in [9.17, 15) is 19.8 Å². The number of aliphatic carboxylic acids is 2. The minimum absolute atomic E-state index is 0.0305. The Hall–Kier alpha value is -9.60. The number of halogens is 6. The summed E-state index contributed by atoms with van der Waals surface area (Å²) in [4.78, 5) is 39.8. The number of aromatic amines is 2. The number of carboxylic acids is 2. The van der Waals surface area contributed by atoms with Crippen LogP contribution in [-0.2, 0) is 47.4 Å². The number of aryl methyl sites for hydroxylation is 3. The molecule has 0 spiro atoms. The van der Waals surface area contributed by atoms with Gasteiger partial charge in [-0.25, -0.2) is 45.7 Å². The molecule has 0 amide bonds. The van der Waals surface area contributed by atoms with Crippen molar-refractivity contribution in [2.24, 2.45) is 14.1 Å². The van der Waals surface area contributed by atoms with Gasteiger partial charge in [0.05, 0.1) is 39.6 Å². The van der Waals surface area contributed by atoms with Crippen molar-refractivity contribution in [1.82, 2.24) is 39.5 Å². The van der Waals surface area contributed by atoms with Gasteiger partial charge in [-0.15, -0.1) is 0 Å². The first-order valence-electron chi connectivity index (χ1n) is 26.0. The number of nitrogens with zero attached hydrogens (tertiary/aromatic N) is 6. The molecule has 2 aliphatic rings. The fraction of sp³-hybridized carbons (Fsp3) is 0.233. The van der Waals surface area contributed by atoms with E-state index < -0.39 is 75.3 Å². The van der Waals surface area contributed by atoms with Crippen LogP contribution in [0.25, 0.3) is 44.6 Å². The second-order valence-corrected chi connectivity index (χ2v) is 20.8. The van der Waals surface area contributed by atoms with E-state index in [1.807, 2.05) is 32.0 Å². The van der Waals surface area contributed by atoms with E-state index in [-0.39, 0.29) is 106 Å². The highest BCUT2D eigenvalue weighted by Crippen LogP contribution is 2.54. The van der Waals surface area contributed by atoms with Crippen molar-refractivity contribution in [3.05, 3.63) is 178 Å². The van der Waals surface area contributed by atoms with Gasteiger partial charge in [0, 0.05) is 85.3 Å². The summed E-state index contributed by atoms with van der Waals surface area (Å²) >= 11 is 0. The van der Waals surface area contributed by atoms with Crippen LogP contribution in [0.5, 0.6) is 34.5 Å². The third-order valence-electron chi connectivity index (χ3n) is 15.5. The lowest BCUT2D eigenvalue weighted by atomic mass is 9.71. The molecule has 0 fully saturated rings. The zero-order valence-electron chi connectivity index (χ0n) is 44.1.